The smallest absolute Gasteiger partial charge is 0.0172 e. The highest BCUT2D eigenvalue weighted by molar-refractivity contribution is 8.00. The Morgan fingerprint density at radius 3 is 2.65 bits per heavy atom. The largest absolute Gasteiger partial charge is 0.313 e. The molecule has 2 aliphatic rings. The van der Waals surface area contributed by atoms with E-state index in [0.717, 1.165) is 23.1 Å². The quantitative estimate of drug-likeness (QED) is 0.760. The van der Waals surface area contributed by atoms with E-state index in [2.05, 4.69) is 30.9 Å². The number of rotatable bonds is 4. The maximum Gasteiger partial charge on any atom is 0.0172 e. The van der Waals surface area contributed by atoms with Gasteiger partial charge in [-0.15, -0.1) is 0 Å². The first-order valence-corrected chi connectivity index (χ1v) is 8.65. The van der Waals surface area contributed by atoms with Crippen molar-refractivity contribution in [2.75, 3.05) is 12.3 Å². The Hall–Kier alpha value is 0.310. The van der Waals surface area contributed by atoms with Crippen molar-refractivity contribution in [3.63, 3.8) is 0 Å². The Kier molecular flexibility index (Phi) is 5.68. The summed E-state index contributed by atoms with van der Waals surface area (Å²) in [6.45, 7) is 6.06. The molecular formula is C15H29NS. The molecule has 1 saturated heterocycles. The molecule has 100 valence electrons. The van der Waals surface area contributed by atoms with Gasteiger partial charge >= 0.3 is 0 Å². The molecule has 1 N–H and O–H groups in total. The van der Waals surface area contributed by atoms with E-state index in [1.165, 1.54) is 57.2 Å². The van der Waals surface area contributed by atoms with Crippen LogP contribution < -0.4 is 5.32 Å². The molecule has 2 rings (SSSR count). The molecule has 0 spiro atoms. The average Bonchev–Trinajstić information content (AvgIpc) is 2.70. The van der Waals surface area contributed by atoms with E-state index in [-0.39, 0.29) is 0 Å². The van der Waals surface area contributed by atoms with Crippen LogP contribution in [0.3, 0.4) is 0 Å². The van der Waals surface area contributed by atoms with Crippen LogP contribution in [0.2, 0.25) is 0 Å². The van der Waals surface area contributed by atoms with E-state index in [1.807, 2.05) is 0 Å². The van der Waals surface area contributed by atoms with Crippen molar-refractivity contribution < 1.29 is 0 Å². The molecule has 0 aromatic heterocycles. The molecule has 0 aromatic carbocycles. The number of thioether (sulfide) groups is 1. The zero-order valence-electron chi connectivity index (χ0n) is 11.6. The molecule has 1 heterocycles. The van der Waals surface area contributed by atoms with Gasteiger partial charge in [0.1, 0.15) is 0 Å². The van der Waals surface area contributed by atoms with Gasteiger partial charge in [-0.1, -0.05) is 26.7 Å². The van der Waals surface area contributed by atoms with Crippen LogP contribution >= 0.6 is 11.8 Å². The molecular weight excluding hydrogens is 226 g/mol. The van der Waals surface area contributed by atoms with Gasteiger partial charge in [0.25, 0.3) is 0 Å². The Balaban J connectivity index is 1.67. The van der Waals surface area contributed by atoms with Crippen molar-refractivity contribution in [2.24, 2.45) is 11.8 Å². The molecule has 1 nitrogen and oxygen atoms in total. The summed E-state index contributed by atoms with van der Waals surface area (Å²) < 4.78 is 0. The van der Waals surface area contributed by atoms with E-state index < -0.39 is 0 Å². The van der Waals surface area contributed by atoms with E-state index >= 15 is 0 Å². The predicted molar refractivity (Wildman–Crippen MR) is 78.7 cm³/mol. The van der Waals surface area contributed by atoms with Gasteiger partial charge in [0, 0.05) is 17.8 Å². The highest BCUT2D eigenvalue weighted by Crippen LogP contribution is 2.29. The molecule has 1 aliphatic carbocycles. The zero-order valence-corrected chi connectivity index (χ0v) is 12.4. The normalized spacial score (nSPS) is 35.1. The van der Waals surface area contributed by atoms with E-state index in [0.29, 0.717) is 0 Å². The van der Waals surface area contributed by atoms with Crippen LogP contribution in [0.25, 0.3) is 0 Å². The van der Waals surface area contributed by atoms with Crippen LogP contribution in [0.5, 0.6) is 0 Å². The van der Waals surface area contributed by atoms with Crippen LogP contribution in [0, 0.1) is 11.8 Å². The van der Waals surface area contributed by atoms with E-state index in [4.69, 9.17) is 0 Å². The lowest BCUT2D eigenvalue weighted by atomic mass is 9.89. The van der Waals surface area contributed by atoms with Gasteiger partial charge in [-0.05, 0) is 49.7 Å². The summed E-state index contributed by atoms with van der Waals surface area (Å²) in [6, 6.07) is 0.819. The zero-order chi connectivity index (χ0) is 12.1. The molecule has 17 heavy (non-hydrogen) atoms. The summed E-state index contributed by atoms with van der Waals surface area (Å²) in [5.74, 6) is 3.27. The van der Waals surface area contributed by atoms with Crippen LogP contribution in [0.4, 0.5) is 0 Å². The Bertz CT molecular complexity index is 211. The number of nitrogens with one attached hydrogen (secondary N) is 1. The number of hydrogen-bond donors (Lipinski definition) is 1. The lowest BCUT2D eigenvalue weighted by Gasteiger charge is -2.20. The van der Waals surface area contributed by atoms with Gasteiger partial charge in [0.05, 0.1) is 0 Å². The van der Waals surface area contributed by atoms with Crippen LogP contribution in [-0.4, -0.2) is 23.6 Å². The highest BCUT2D eigenvalue weighted by Gasteiger charge is 2.22. The van der Waals surface area contributed by atoms with Gasteiger partial charge in [-0.2, -0.15) is 11.8 Å². The standard InChI is InChI=1S/C15H29NS/c1-12(2)13-5-3-6-14(9-8-13)16-11-15-7-4-10-17-15/h12-16H,3-11H2,1-2H3. The third-order valence-corrected chi connectivity index (χ3v) is 6.01. The Labute approximate surface area is 112 Å². The fraction of sp³-hybridized carbons (Fsp3) is 1.00. The summed E-state index contributed by atoms with van der Waals surface area (Å²) in [7, 11) is 0. The van der Waals surface area contributed by atoms with Crippen LogP contribution in [0.1, 0.15) is 58.8 Å². The first kappa shape index (κ1) is 13.7. The van der Waals surface area contributed by atoms with Crippen molar-refractivity contribution in [1.29, 1.82) is 0 Å². The summed E-state index contributed by atoms with van der Waals surface area (Å²) in [5.41, 5.74) is 0. The lowest BCUT2D eigenvalue weighted by molar-refractivity contribution is 0.338. The molecule has 0 aromatic rings. The van der Waals surface area contributed by atoms with Crippen molar-refractivity contribution in [1.82, 2.24) is 5.32 Å². The molecule has 3 atom stereocenters. The van der Waals surface area contributed by atoms with E-state index in [1.54, 1.807) is 0 Å². The van der Waals surface area contributed by atoms with Crippen molar-refractivity contribution in [3.8, 4) is 0 Å². The monoisotopic (exact) mass is 255 g/mol. The van der Waals surface area contributed by atoms with Gasteiger partial charge < -0.3 is 5.32 Å². The SMILES string of the molecule is CC(C)C1CCCC(NCC2CCCS2)CC1. The van der Waals surface area contributed by atoms with Gasteiger partial charge in [-0.25, -0.2) is 0 Å². The second kappa shape index (κ2) is 7.04. The predicted octanol–water partition coefficient (Wildman–Crippen LogP) is 4.08. The Morgan fingerprint density at radius 2 is 1.94 bits per heavy atom. The molecule has 2 heteroatoms. The summed E-state index contributed by atoms with van der Waals surface area (Å²) in [4.78, 5) is 0. The summed E-state index contributed by atoms with van der Waals surface area (Å²) >= 11 is 2.18. The van der Waals surface area contributed by atoms with Crippen LogP contribution in [0.15, 0.2) is 0 Å². The third-order valence-electron chi connectivity index (χ3n) is 4.61. The molecule has 0 radical (unpaired) electrons. The molecule has 1 aliphatic heterocycles. The second-order valence-electron chi connectivity index (χ2n) is 6.25. The molecule has 1 saturated carbocycles. The summed E-state index contributed by atoms with van der Waals surface area (Å²) in [5, 5.41) is 4.76. The first-order valence-electron chi connectivity index (χ1n) is 7.60. The van der Waals surface area contributed by atoms with Crippen LogP contribution in [-0.2, 0) is 0 Å². The van der Waals surface area contributed by atoms with Gasteiger partial charge in [0.2, 0.25) is 0 Å². The maximum absolute atomic E-state index is 3.84. The average molecular weight is 255 g/mol. The van der Waals surface area contributed by atoms with Crippen molar-refractivity contribution in [3.05, 3.63) is 0 Å². The Morgan fingerprint density at radius 1 is 1.06 bits per heavy atom. The molecule has 3 unspecified atom stereocenters. The summed E-state index contributed by atoms with van der Waals surface area (Å²) in [6.07, 6.45) is 10.1. The third kappa shape index (κ3) is 4.48. The molecule has 2 fully saturated rings. The number of hydrogen-bond acceptors (Lipinski definition) is 2. The van der Waals surface area contributed by atoms with Crippen molar-refractivity contribution >= 4 is 11.8 Å². The minimum Gasteiger partial charge on any atom is -0.313 e. The molecule has 0 amide bonds. The highest BCUT2D eigenvalue weighted by atomic mass is 32.2. The molecule has 0 bridgehead atoms. The lowest BCUT2D eigenvalue weighted by Crippen LogP contribution is -2.33. The van der Waals surface area contributed by atoms with Gasteiger partial charge in [0.15, 0.2) is 0 Å². The maximum atomic E-state index is 3.84. The fourth-order valence-corrected chi connectivity index (χ4v) is 4.52. The first-order chi connectivity index (χ1) is 8.25. The van der Waals surface area contributed by atoms with Gasteiger partial charge in [-0.3, -0.25) is 0 Å². The topological polar surface area (TPSA) is 12.0 Å². The minimum atomic E-state index is 0.819. The van der Waals surface area contributed by atoms with E-state index in [9.17, 15) is 0 Å². The minimum absolute atomic E-state index is 0.819. The van der Waals surface area contributed by atoms with Crippen molar-refractivity contribution in [2.45, 2.75) is 70.1 Å². The second-order valence-corrected chi connectivity index (χ2v) is 7.66. The fourth-order valence-electron chi connectivity index (χ4n) is 3.30.